The lowest BCUT2D eigenvalue weighted by atomic mass is 10.1. The molecule has 30 heavy (non-hydrogen) atoms. The van der Waals surface area contributed by atoms with Gasteiger partial charge in [0.05, 0.1) is 22.4 Å². The van der Waals surface area contributed by atoms with Crippen molar-refractivity contribution >= 4 is 50.2 Å². The molecule has 0 fully saturated rings. The van der Waals surface area contributed by atoms with Gasteiger partial charge in [-0.1, -0.05) is 42.9 Å². The van der Waals surface area contributed by atoms with Crippen molar-refractivity contribution in [1.29, 1.82) is 0 Å². The standard InChI is InChI=1S/C22H24ClN3O3S/c1-4-25(5-2)13-14-26(22-24-19-17(23)7-6-8-18(19)30-22)20(27)15-9-11-16(12-10-15)21(28)29-3/h6-12H,4-5,13-14H2,1-3H3. The topological polar surface area (TPSA) is 62.7 Å². The molecule has 0 N–H and O–H groups in total. The number of likely N-dealkylation sites (N-methyl/N-ethyl adjacent to an activating group) is 1. The van der Waals surface area contributed by atoms with E-state index in [2.05, 4.69) is 23.7 Å². The predicted molar refractivity (Wildman–Crippen MR) is 122 cm³/mol. The SMILES string of the molecule is CCN(CC)CCN(C(=O)c1ccc(C(=O)OC)cc1)c1nc2c(Cl)cccc2s1. The van der Waals surface area contributed by atoms with E-state index in [1.54, 1.807) is 35.2 Å². The largest absolute Gasteiger partial charge is 0.465 e. The molecule has 0 atom stereocenters. The molecule has 158 valence electrons. The first-order valence-corrected chi connectivity index (χ1v) is 11.0. The molecule has 3 aromatic rings. The Balaban J connectivity index is 1.94. The van der Waals surface area contributed by atoms with E-state index in [4.69, 9.17) is 16.3 Å². The number of ether oxygens (including phenoxy) is 1. The summed E-state index contributed by atoms with van der Waals surface area (Å²) in [6.45, 7) is 7.22. The third-order valence-electron chi connectivity index (χ3n) is 4.92. The monoisotopic (exact) mass is 445 g/mol. The molecular formula is C22H24ClN3O3S. The Morgan fingerprint density at radius 3 is 2.30 bits per heavy atom. The van der Waals surface area contributed by atoms with Crippen LogP contribution in [0.5, 0.6) is 0 Å². The van der Waals surface area contributed by atoms with Crippen molar-refractivity contribution < 1.29 is 14.3 Å². The van der Waals surface area contributed by atoms with Gasteiger partial charge in [-0.3, -0.25) is 9.69 Å². The maximum atomic E-state index is 13.4. The van der Waals surface area contributed by atoms with E-state index in [1.165, 1.54) is 18.4 Å². The number of halogens is 1. The van der Waals surface area contributed by atoms with E-state index in [0.717, 1.165) is 24.3 Å². The number of aromatic nitrogens is 1. The van der Waals surface area contributed by atoms with E-state index in [0.29, 0.717) is 33.3 Å². The number of carbonyl (C=O) groups excluding carboxylic acids is 2. The molecule has 0 aliphatic heterocycles. The summed E-state index contributed by atoms with van der Waals surface area (Å²) in [5.74, 6) is -0.609. The van der Waals surface area contributed by atoms with Crippen molar-refractivity contribution in [2.24, 2.45) is 0 Å². The lowest BCUT2D eigenvalue weighted by Gasteiger charge is -2.24. The van der Waals surface area contributed by atoms with Crippen LogP contribution in [0.1, 0.15) is 34.6 Å². The van der Waals surface area contributed by atoms with Crippen LogP contribution in [0.4, 0.5) is 5.13 Å². The van der Waals surface area contributed by atoms with Gasteiger partial charge < -0.3 is 9.64 Å². The molecule has 1 heterocycles. The molecule has 0 aliphatic carbocycles. The van der Waals surface area contributed by atoms with Gasteiger partial charge in [-0.25, -0.2) is 9.78 Å². The molecule has 0 radical (unpaired) electrons. The molecule has 1 aromatic heterocycles. The quantitative estimate of drug-likeness (QED) is 0.469. The lowest BCUT2D eigenvalue weighted by Crippen LogP contribution is -2.38. The maximum Gasteiger partial charge on any atom is 0.337 e. The second kappa shape index (κ2) is 10.0. The summed E-state index contributed by atoms with van der Waals surface area (Å²) in [5, 5.41) is 1.17. The Hall–Kier alpha value is -2.48. The first kappa shape index (κ1) is 22.2. The molecule has 0 saturated heterocycles. The zero-order valence-corrected chi connectivity index (χ0v) is 18.8. The first-order chi connectivity index (χ1) is 14.5. The molecular weight excluding hydrogens is 422 g/mol. The average molecular weight is 446 g/mol. The maximum absolute atomic E-state index is 13.4. The van der Waals surface area contributed by atoms with Gasteiger partial charge in [0.2, 0.25) is 0 Å². The van der Waals surface area contributed by atoms with E-state index in [1.807, 2.05) is 12.1 Å². The van der Waals surface area contributed by atoms with Gasteiger partial charge in [0.1, 0.15) is 5.52 Å². The Labute approximate surface area is 185 Å². The van der Waals surface area contributed by atoms with Crippen molar-refractivity contribution in [3.05, 3.63) is 58.6 Å². The number of fused-ring (bicyclic) bond motifs is 1. The van der Waals surface area contributed by atoms with E-state index in [-0.39, 0.29) is 5.91 Å². The number of nitrogens with zero attached hydrogens (tertiary/aromatic N) is 3. The Morgan fingerprint density at radius 2 is 1.70 bits per heavy atom. The zero-order valence-electron chi connectivity index (χ0n) is 17.2. The summed E-state index contributed by atoms with van der Waals surface area (Å²) in [4.78, 5) is 33.6. The van der Waals surface area contributed by atoms with Crippen LogP contribution in [0.2, 0.25) is 5.02 Å². The minimum atomic E-state index is -0.437. The smallest absolute Gasteiger partial charge is 0.337 e. The number of hydrogen-bond donors (Lipinski definition) is 0. The predicted octanol–water partition coefficient (Wildman–Crippen LogP) is 4.72. The second-order valence-corrected chi connectivity index (χ2v) is 8.05. The second-order valence-electron chi connectivity index (χ2n) is 6.64. The summed E-state index contributed by atoms with van der Waals surface area (Å²) >= 11 is 7.73. The lowest BCUT2D eigenvalue weighted by molar-refractivity contribution is 0.0600. The summed E-state index contributed by atoms with van der Waals surface area (Å²) in [5.41, 5.74) is 1.57. The third-order valence-corrected chi connectivity index (χ3v) is 6.27. The fourth-order valence-corrected chi connectivity index (χ4v) is 4.40. The van der Waals surface area contributed by atoms with Crippen molar-refractivity contribution in [3.63, 3.8) is 0 Å². The number of anilines is 1. The van der Waals surface area contributed by atoms with Crippen molar-refractivity contribution in [3.8, 4) is 0 Å². The summed E-state index contributed by atoms with van der Waals surface area (Å²) < 4.78 is 5.66. The first-order valence-electron chi connectivity index (χ1n) is 9.76. The van der Waals surface area contributed by atoms with Gasteiger partial charge in [-0.15, -0.1) is 0 Å². The van der Waals surface area contributed by atoms with Crippen LogP contribution in [-0.2, 0) is 4.74 Å². The van der Waals surface area contributed by atoms with Crippen molar-refractivity contribution in [2.45, 2.75) is 13.8 Å². The van der Waals surface area contributed by atoms with Crippen LogP contribution in [0, 0.1) is 0 Å². The molecule has 1 amide bonds. The average Bonchev–Trinajstić information content (AvgIpc) is 3.21. The van der Waals surface area contributed by atoms with Gasteiger partial charge in [-0.05, 0) is 49.5 Å². The van der Waals surface area contributed by atoms with Gasteiger partial charge in [0.15, 0.2) is 5.13 Å². The molecule has 2 aromatic carbocycles. The van der Waals surface area contributed by atoms with Crippen LogP contribution in [0.3, 0.4) is 0 Å². The van der Waals surface area contributed by atoms with Gasteiger partial charge in [-0.2, -0.15) is 0 Å². The molecule has 8 heteroatoms. The molecule has 6 nitrogen and oxygen atoms in total. The fraction of sp³-hybridized carbons (Fsp3) is 0.318. The fourth-order valence-electron chi connectivity index (χ4n) is 3.11. The minimum absolute atomic E-state index is 0.172. The summed E-state index contributed by atoms with van der Waals surface area (Å²) in [6, 6.07) is 12.1. The van der Waals surface area contributed by atoms with Crippen LogP contribution in [-0.4, -0.2) is 55.0 Å². The zero-order chi connectivity index (χ0) is 21.7. The third kappa shape index (κ3) is 4.80. The molecule has 0 spiro atoms. The number of hydrogen-bond acceptors (Lipinski definition) is 6. The number of rotatable bonds is 8. The summed E-state index contributed by atoms with van der Waals surface area (Å²) in [7, 11) is 1.33. The molecule has 0 saturated carbocycles. The van der Waals surface area contributed by atoms with E-state index < -0.39 is 5.97 Å². The minimum Gasteiger partial charge on any atom is -0.465 e. The normalized spacial score (nSPS) is 11.1. The molecule has 0 bridgehead atoms. The van der Waals surface area contributed by atoms with E-state index >= 15 is 0 Å². The number of para-hydroxylation sites is 1. The van der Waals surface area contributed by atoms with Crippen molar-refractivity contribution in [2.75, 3.05) is 38.2 Å². The van der Waals surface area contributed by atoms with Crippen molar-refractivity contribution in [1.82, 2.24) is 9.88 Å². The van der Waals surface area contributed by atoms with Crippen LogP contribution >= 0.6 is 22.9 Å². The Kier molecular flexibility index (Phi) is 7.42. The number of carbonyl (C=O) groups is 2. The Morgan fingerprint density at radius 1 is 1.03 bits per heavy atom. The number of amides is 1. The van der Waals surface area contributed by atoms with Gasteiger partial charge in [0, 0.05) is 18.7 Å². The highest BCUT2D eigenvalue weighted by molar-refractivity contribution is 7.22. The van der Waals surface area contributed by atoms with Gasteiger partial charge in [0.25, 0.3) is 5.91 Å². The molecule has 0 unspecified atom stereocenters. The van der Waals surface area contributed by atoms with Gasteiger partial charge >= 0.3 is 5.97 Å². The number of esters is 1. The Bertz CT molecular complexity index is 1030. The highest BCUT2D eigenvalue weighted by atomic mass is 35.5. The number of benzene rings is 2. The van der Waals surface area contributed by atoms with Crippen LogP contribution < -0.4 is 4.90 Å². The summed E-state index contributed by atoms with van der Waals surface area (Å²) in [6.07, 6.45) is 0. The number of thiazole rings is 1. The van der Waals surface area contributed by atoms with E-state index in [9.17, 15) is 9.59 Å². The highest BCUT2D eigenvalue weighted by Crippen LogP contribution is 2.33. The van der Waals surface area contributed by atoms with Crippen LogP contribution in [0.15, 0.2) is 42.5 Å². The highest BCUT2D eigenvalue weighted by Gasteiger charge is 2.23. The number of methoxy groups -OCH3 is 1. The molecule has 3 rings (SSSR count). The molecule has 0 aliphatic rings. The van der Waals surface area contributed by atoms with Crippen LogP contribution in [0.25, 0.3) is 10.2 Å².